The molecular formula is C22H27N3O5. The number of ether oxygens (including phenoxy) is 2. The normalized spacial score (nSPS) is 11.8. The lowest BCUT2D eigenvalue weighted by molar-refractivity contribution is -0.156. The van der Waals surface area contributed by atoms with Gasteiger partial charge in [-0.25, -0.2) is 4.79 Å². The Morgan fingerprint density at radius 1 is 1.03 bits per heavy atom. The number of benzene rings is 1. The minimum absolute atomic E-state index is 0.0430. The van der Waals surface area contributed by atoms with Gasteiger partial charge in [0.05, 0.1) is 18.7 Å². The van der Waals surface area contributed by atoms with E-state index in [9.17, 15) is 14.4 Å². The van der Waals surface area contributed by atoms with Crippen LogP contribution >= 0.6 is 0 Å². The zero-order valence-electron chi connectivity index (χ0n) is 17.4. The Morgan fingerprint density at radius 3 is 2.37 bits per heavy atom. The summed E-state index contributed by atoms with van der Waals surface area (Å²) in [7, 11) is 0. The number of carbonyl (C=O) groups is 3. The van der Waals surface area contributed by atoms with Gasteiger partial charge in [-0.2, -0.15) is 0 Å². The Hall–Kier alpha value is -3.42. The van der Waals surface area contributed by atoms with Crippen LogP contribution in [0.5, 0.6) is 0 Å². The van der Waals surface area contributed by atoms with Crippen molar-refractivity contribution in [3.05, 3.63) is 66.0 Å². The molecule has 8 nitrogen and oxygen atoms in total. The van der Waals surface area contributed by atoms with Gasteiger partial charge in [0.25, 0.3) is 0 Å². The lowest BCUT2D eigenvalue weighted by Gasteiger charge is -2.22. The molecule has 0 saturated heterocycles. The van der Waals surface area contributed by atoms with E-state index in [1.165, 1.54) is 0 Å². The van der Waals surface area contributed by atoms with Crippen LogP contribution in [-0.4, -0.2) is 34.6 Å². The average Bonchev–Trinajstić information content (AvgIpc) is 2.70. The number of esters is 1. The van der Waals surface area contributed by atoms with Crippen molar-refractivity contribution in [3.8, 4) is 0 Å². The van der Waals surface area contributed by atoms with E-state index in [1.54, 1.807) is 45.2 Å². The maximum absolute atomic E-state index is 12.6. The van der Waals surface area contributed by atoms with E-state index in [2.05, 4.69) is 15.6 Å². The summed E-state index contributed by atoms with van der Waals surface area (Å²) in [5.41, 5.74) is 0.740. The molecule has 2 amide bonds. The number of nitrogens with zero attached hydrogens (tertiary/aromatic N) is 1. The molecule has 0 fully saturated rings. The monoisotopic (exact) mass is 413 g/mol. The van der Waals surface area contributed by atoms with Gasteiger partial charge in [-0.3, -0.25) is 14.6 Å². The van der Waals surface area contributed by atoms with E-state index >= 15 is 0 Å². The minimum atomic E-state index is -1.15. The van der Waals surface area contributed by atoms with Crippen LogP contribution in [0.25, 0.3) is 0 Å². The Morgan fingerprint density at radius 2 is 1.73 bits per heavy atom. The number of nitrogens with one attached hydrogen (secondary N) is 2. The lowest BCUT2D eigenvalue weighted by atomic mass is 10.1. The van der Waals surface area contributed by atoms with Gasteiger partial charge in [0.15, 0.2) is 0 Å². The van der Waals surface area contributed by atoms with Crippen molar-refractivity contribution in [2.24, 2.45) is 0 Å². The van der Waals surface area contributed by atoms with Crippen LogP contribution in [0, 0.1) is 0 Å². The standard InChI is InChI=1S/C22H27N3O5/c1-22(2,3)30-19(26)13-18(20(27)24-14-17-11-7-8-12-23-17)25-21(28)29-15-16-9-5-4-6-10-16/h4-12,18H,13-15H2,1-3H3,(H,24,27)(H,25,28)/t18-/m0/s1. The van der Waals surface area contributed by atoms with Gasteiger partial charge in [0, 0.05) is 6.20 Å². The van der Waals surface area contributed by atoms with Gasteiger partial charge in [0.2, 0.25) is 5.91 Å². The zero-order valence-corrected chi connectivity index (χ0v) is 17.4. The van der Waals surface area contributed by atoms with E-state index in [1.807, 2.05) is 30.3 Å². The molecule has 2 rings (SSSR count). The van der Waals surface area contributed by atoms with Crippen molar-refractivity contribution in [3.63, 3.8) is 0 Å². The molecule has 0 saturated carbocycles. The van der Waals surface area contributed by atoms with Gasteiger partial charge < -0.3 is 20.1 Å². The Bertz CT molecular complexity index is 835. The highest BCUT2D eigenvalue weighted by atomic mass is 16.6. The summed E-state index contributed by atoms with van der Waals surface area (Å²) in [4.78, 5) is 41.1. The van der Waals surface area contributed by atoms with Crippen LogP contribution in [0.1, 0.15) is 38.4 Å². The third kappa shape index (κ3) is 8.72. The van der Waals surface area contributed by atoms with Crippen molar-refractivity contribution in [1.82, 2.24) is 15.6 Å². The Labute approximate surface area is 176 Å². The Kier molecular flexibility index (Phi) is 8.34. The first-order valence-corrected chi connectivity index (χ1v) is 9.59. The summed E-state index contributed by atoms with van der Waals surface area (Å²) in [5, 5.41) is 5.11. The molecule has 8 heteroatoms. The number of rotatable bonds is 8. The molecule has 0 bridgehead atoms. The van der Waals surface area contributed by atoms with Crippen LogP contribution < -0.4 is 10.6 Å². The van der Waals surface area contributed by atoms with Crippen LogP contribution in [0.2, 0.25) is 0 Å². The summed E-state index contributed by atoms with van der Waals surface area (Å²) < 4.78 is 10.4. The van der Waals surface area contributed by atoms with Gasteiger partial charge in [-0.15, -0.1) is 0 Å². The van der Waals surface area contributed by atoms with Crippen molar-refractivity contribution in [1.29, 1.82) is 0 Å². The van der Waals surface area contributed by atoms with Crippen LogP contribution in [0.4, 0.5) is 4.79 Å². The van der Waals surface area contributed by atoms with Crippen molar-refractivity contribution in [2.75, 3.05) is 0 Å². The van der Waals surface area contributed by atoms with Gasteiger partial charge >= 0.3 is 12.1 Å². The second-order valence-electron chi connectivity index (χ2n) is 7.59. The lowest BCUT2D eigenvalue weighted by Crippen LogP contribution is -2.48. The van der Waals surface area contributed by atoms with Crippen molar-refractivity contribution >= 4 is 18.0 Å². The van der Waals surface area contributed by atoms with E-state index in [0.29, 0.717) is 5.69 Å². The summed E-state index contributed by atoms with van der Waals surface area (Å²) >= 11 is 0. The topological polar surface area (TPSA) is 107 Å². The number of hydrogen-bond donors (Lipinski definition) is 2. The first kappa shape index (κ1) is 22.9. The SMILES string of the molecule is CC(C)(C)OC(=O)C[C@H](NC(=O)OCc1ccccc1)C(=O)NCc1ccccn1. The molecule has 30 heavy (non-hydrogen) atoms. The highest BCUT2D eigenvalue weighted by Gasteiger charge is 2.27. The van der Waals surface area contributed by atoms with E-state index in [0.717, 1.165) is 5.56 Å². The predicted octanol–water partition coefficient (Wildman–Crippen LogP) is 2.72. The number of amides is 2. The molecular weight excluding hydrogens is 386 g/mol. The predicted molar refractivity (Wildman–Crippen MR) is 110 cm³/mol. The highest BCUT2D eigenvalue weighted by Crippen LogP contribution is 2.10. The first-order valence-electron chi connectivity index (χ1n) is 9.59. The quantitative estimate of drug-likeness (QED) is 0.645. The number of hydrogen-bond acceptors (Lipinski definition) is 6. The fraction of sp³-hybridized carbons (Fsp3) is 0.364. The Balaban J connectivity index is 1.97. The molecule has 0 aliphatic rings. The molecule has 160 valence electrons. The minimum Gasteiger partial charge on any atom is -0.460 e. The third-order valence-electron chi connectivity index (χ3n) is 3.78. The molecule has 2 aromatic rings. The largest absolute Gasteiger partial charge is 0.460 e. The molecule has 1 atom stereocenters. The second-order valence-corrected chi connectivity index (χ2v) is 7.59. The van der Waals surface area contributed by atoms with Gasteiger partial charge in [-0.05, 0) is 38.5 Å². The van der Waals surface area contributed by atoms with Crippen LogP contribution in [-0.2, 0) is 32.2 Å². The highest BCUT2D eigenvalue weighted by molar-refractivity contribution is 5.89. The molecule has 1 heterocycles. The number of alkyl carbamates (subject to hydrolysis) is 1. The summed E-state index contributed by atoms with van der Waals surface area (Å²) in [6.07, 6.45) is 0.477. The number of carbonyl (C=O) groups excluding carboxylic acids is 3. The van der Waals surface area contributed by atoms with Crippen molar-refractivity contribution < 1.29 is 23.9 Å². The van der Waals surface area contributed by atoms with E-state index in [-0.39, 0.29) is 19.6 Å². The first-order chi connectivity index (χ1) is 14.2. The third-order valence-corrected chi connectivity index (χ3v) is 3.78. The molecule has 1 aromatic heterocycles. The maximum Gasteiger partial charge on any atom is 0.408 e. The fourth-order valence-corrected chi connectivity index (χ4v) is 2.47. The van der Waals surface area contributed by atoms with Crippen LogP contribution in [0.15, 0.2) is 54.7 Å². The maximum atomic E-state index is 12.6. The molecule has 2 N–H and O–H groups in total. The summed E-state index contributed by atoms with van der Waals surface area (Å²) in [6.45, 7) is 5.38. The molecule has 1 aromatic carbocycles. The average molecular weight is 413 g/mol. The molecule has 0 aliphatic carbocycles. The number of aromatic nitrogens is 1. The van der Waals surface area contributed by atoms with Crippen molar-refractivity contribution in [2.45, 2.75) is 52.0 Å². The van der Waals surface area contributed by atoms with Gasteiger partial charge in [0.1, 0.15) is 18.2 Å². The molecule has 0 radical (unpaired) electrons. The molecule has 0 spiro atoms. The van der Waals surface area contributed by atoms with E-state index < -0.39 is 29.6 Å². The smallest absolute Gasteiger partial charge is 0.408 e. The number of pyridine rings is 1. The summed E-state index contributed by atoms with van der Waals surface area (Å²) in [6, 6.07) is 13.3. The van der Waals surface area contributed by atoms with E-state index in [4.69, 9.17) is 9.47 Å². The molecule has 0 aliphatic heterocycles. The fourth-order valence-electron chi connectivity index (χ4n) is 2.47. The zero-order chi connectivity index (χ0) is 22.0. The second kappa shape index (κ2) is 10.9. The molecule has 0 unspecified atom stereocenters. The summed E-state index contributed by atoms with van der Waals surface area (Å²) in [5.74, 6) is -1.15. The van der Waals surface area contributed by atoms with Crippen LogP contribution in [0.3, 0.4) is 0 Å². The van der Waals surface area contributed by atoms with Gasteiger partial charge in [-0.1, -0.05) is 36.4 Å².